The zero-order valence-electron chi connectivity index (χ0n) is 13.8. The Morgan fingerprint density at radius 1 is 1.42 bits per heavy atom. The van der Waals surface area contributed by atoms with Crippen molar-refractivity contribution in [3.05, 3.63) is 45.7 Å². The van der Waals surface area contributed by atoms with Gasteiger partial charge >= 0.3 is 0 Å². The monoisotopic (exact) mass is 344 g/mol. The Kier molecular flexibility index (Phi) is 4.89. The quantitative estimate of drug-likeness (QED) is 0.924. The van der Waals surface area contributed by atoms with Gasteiger partial charge in [0.2, 0.25) is 5.91 Å². The largest absolute Gasteiger partial charge is 0.351 e. The van der Waals surface area contributed by atoms with Gasteiger partial charge in [-0.25, -0.2) is 4.98 Å². The van der Waals surface area contributed by atoms with Crippen LogP contribution in [-0.2, 0) is 11.3 Å². The van der Waals surface area contributed by atoms with Crippen LogP contribution in [0.3, 0.4) is 0 Å². The summed E-state index contributed by atoms with van der Waals surface area (Å²) in [7, 11) is 0. The van der Waals surface area contributed by atoms with E-state index in [1.807, 2.05) is 24.0 Å². The van der Waals surface area contributed by atoms with Gasteiger partial charge in [-0.1, -0.05) is 0 Å². The highest BCUT2D eigenvalue weighted by molar-refractivity contribution is 7.11. The van der Waals surface area contributed by atoms with Crippen LogP contribution in [0.2, 0.25) is 0 Å². The van der Waals surface area contributed by atoms with E-state index in [0.717, 1.165) is 41.2 Å². The molecule has 0 radical (unpaired) electrons. The number of thiazole rings is 1. The van der Waals surface area contributed by atoms with Crippen LogP contribution in [0.25, 0.3) is 0 Å². The first kappa shape index (κ1) is 16.6. The molecule has 7 heteroatoms. The fraction of sp³-hybridized carbons (Fsp3) is 0.412. The number of aryl methyl sites for hydroxylation is 1. The Balaban J connectivity index is 1.80. The molecule has 3 rings (SSSR count). The molecule has 6 nitrogen and oxygen atoms in total. The van der Waals surface area contributed by atoms with Crippen LogP contribution < -0.4 is 5.32 Å². The minimum atomic E-state index is -0.0828. The summed E-state index contributed by atoms with van der Waals surface area (Å²) >= 11 is 1.39. The zero-order valence-corrected chi connectivity index (χ0v) is 14.6. The first-order chi connectivity index (χ1) is 11.6. The molecule has 0 spiro atoms. The first-order valence-electron chi connectivity index (χ1n) is 7.96. The molecule has 1 aliphatic rings. The summed E-state index contributed by atoms with van der Waals surface area (Å²) < 4.78 is 0. The van der Waals surface area contributed by atoms with Crippen LogP contribution in [0.1, 0.15) is 52.4 Å². The number of nitrogens with zero attached hydrogens (tertiary/aromatic N) is 3. The average molecular weight is 344 g/mol. The van der Waals surface area contributed by atoms with Gasteiger partial charge in [-0.15, -0.1) is 11.3 Å². The lowest BCUT2D eigenvalue weighted by atomic mass is 10.0. The maximum Gasteiger partial charge on any atom is 0.266 e. The van der Waals surface area contributed by atoms with Crippen LogP contribution in [0.4, 0.5) is 0 Å². The summed E-state index contributed by atoms with van der Waals surface area (Å²) in [5.74, 6) is -0.0294. The third-order valence-corrected chi connectivity index (χ3v) is 5.11. The lowest BCUT2D eigenvalue weighted by Crippen LogP contribution is -2.30. The Hall–Kier alpha value is -2.28. The molecule has 2 aromatic rings. The number of nitrogens with one attached hydrogen (secondary N) is 1. The van der Waals surface area contributed by atoms with E-state index in [1.165, 1.54) is 18.3 Å². The van der Waals surface area contributed by atoms with Crippen molar-refractivity contribution in [1.29, 1.82) is 0 Å². The van der Waals surface area contributed by atoms with Gasteiger partial charge in [-0.3, -0.25) is 14.6 Å². The molecule has 3 heterocycles. The van der Waals surface area contributed by atoms with Crippen molar-refractivity contribution in [1.82, 2.24) is 20.2 Å². The van der Waals surface area contributed by atoms with E-state index in [2.05, 4.69) is 15.3 Å². The number of rotatable bonds is 4. The Morgan fingerprint density at radius 2 is 2.25 bits per heavy atom. The van der Waals surface area contributed by atoms with Crippen molar-refractivity contribution in [2.45, 2.75) is 39.3 Å². The van der Waals surface area contributed by atoms with Gasteiger partial charge in [0.15, 0.2) is 0 Å². The summed E-state index contributed by atoms with van der Waals surface area (Å²) in [6.45, 7) is 4.51. The second kappa shape index (κ2) is 7.09. The normalized spacial score (nSPS) is 17.1. The average Bonchev–Trinajstić information content (AvgIpc) is 3.21. The van der Waals surface area contributed by atoms with Crippen LogP contribution in [0, 0.1) is 6.92 Å². The smallest absolute Gasteiger partial charge is 0.266 e. The number of aromatic nitrogens is 2. The highest BCUT2D eigenvalue weighted by Crippen LogP contribution is 2.34. The topological polar surface area (TPSA) is 75.2 Å². The van der Waals surface area contributed by atoms with Crippen LogP contribution in [0.15, 0.2) is 23.8 Å². The summed E-state index contributed by atoms with van der Waals surface area (Å²) in [5, 5.41) is 2.75. The van der Waals surface area contributed by atoms with Crippen molar-refractivity contribution in [2.24, 2.45) is 0 Å². The summed E-state index contributed by atoms with van der Waals surface area (Å²) in [6.07, 6.45) is 3.66. The van der Waals surface area contributed by atoms with Gasteiger partial charge in [-0.05, 0) is 37.5 Å². The summed E-state index contributed by atoms with van der Waals surface area (Å²) in [6, 6.07) is 3.98. The number of likely N-dealkylation sites (tertiary alicyclic amines) is 1. The molecule has 1 aliphatic heterocycles. The Bertz CT molecular complexity index is 759. The van der Waals surface area contributed by atoms with Crippen molar-refractivity contribution in [2.75, 3.05) is 6.54 Å². The van der Waals surface area contributed by atoms with E-state index in [0.29, 0.717) is 6.54 Å². The molecule has 0 unspecified atom stereocenters. The van der Waals surface area contributed by atoms with E-state index < -0.39 is 0 Å². The number of amides is 2. The first-order valence-corrected chi connectivity index (χ1v) is 8.84. The molecule has 0 bridgehead atoms. The van der Waals surface area contributed by atoms with Gasteiger partial charge in [0, 0.05) is 19.7 Å². The molecular weight excluding hydrogens is 324 g/mol. The molecule has 2 amide bonds. The third kappa shape index (κ3) is 3.46. The SMILES string of the molecule is CC(=O)NCc1cc([C@H]2CCCN2C(=O)c2scnc2C)ccn1. The van der Waals surface area contributed by atoms with Crippen LogP contribution >= 0.6 is 11.3 Å². The fourth-order valence-electron chi connectivity index (χ4n) is 3.01. The van der Waals surface area contributed by atoms with E-state index in [9.17, 15) is 9.59 Å². The molecule has 1 N–H and O–H groups in total. The number of hydrogen-bond donors (Lipinski definition) is 1. The van der Waals surface area contributed by atoms with Gasteiger partial charge in [0.05, 0.1) is 29.5 Å². The molecule has 0 saturated carbocycles. The van der Waals surface area contributed by atoms with Gasteiger partial charge < -0.3 is 10.2 Å². The maximum atomic E-state index is 12.8. The molecule has 1 saturated heterocycles. The predicted molar refractivity (Wildman–Crippen MR) is 91.6 cm³/mol. The second-order valence-corrected chi connectivity index (χ2v) is 6.77. The minimum Gasteiger partial charge on any atom is -0.351 e. The van der Waals surface area contributed by atoms with Gasteiger partial charge in [0.1, 0.15) is 4.88 Å². The Morgan fingerprint density at radius 3 is 2.96 bits per heavy atom. The number of carbonyl (C=O) groups is 2. The standard InChI is InChI=1S/C17H20N4O2S/c1-11-16(24-10-20-11)17(23)21-7-3-4-15(21)13-5-6-18-14(8-13)9-19-12(2)22/h5-6,8,10,15H,3-4,7,9H2,1-2H3,(H,19,22)/t15-/m1/s1. The van der Waals surface area contributed by atoms with Gasteiger partial charge in [-0.2, -0.15) is 0 Å². The second-order valence-electron chi connectivity index (χ2n) is 5.91. The third-order valence-electron chi connectivity index (χ3n) is 4.20. The van der Waals surface area contributed by atoms with E-state index >= 15 is 0 Å². The van der Waals surface area contributed by atoms with E-state index in [4.69, 9.17) is 0 Å². The van der Waals surface area contributed by atoms with E-state index in [-0.39, 0.29) is 17.9 Å². The molecule has 0 aliphatic carbocycles. The molecule has 2 aromatic heterocycles. The maximum absolute atomic E-state index is 12.8. The van der Waals surface area contributed by atoms with E-state index in [1.54, 1.807) is 11.7 Å². The number of carbonyl (C=O) groups excluding carboxylic acids is 2. The van der Waals surface area contributed by atoms with Crippen molar-refractivity contribution >= 4 is 23.2 Å². The predicted octanol–water partition coefficient (Wildman–Crippen LogP) is 2.46. The molecule has 1 fully saturated rings. The van der Waals surface area contributed by atoms with Crippen molar-refractivity contribution < 1.29 is 9.59 Å². The van der Waals surface area contributed by atoms with Crippen molar-refractivity contribution in [3.63, 3.8) is 0 Å². The Labute approximate surface area is 144 Å². The highest BCUT2D eigenvalue weighted by Gasteiger charge is 2.32. The molecule has 1 atom stereocenters. The van der Waals surface area contributed by atoms with Gasteiger partial charge in [0.25, 0.3) is 5.91 Å². The van der Waals surface area contributed by atoms with Crippen molar-refractivity contribution in [3.8, 4) is 0 Å². The minimum absolute atomic E-state index is 0.0534. The molecular formula is C17H20N4O2S. The lowest BCUT2D eigenvalue weighted by Gasteiger charge is -2.25. The zero-order chi connectivity index (χ0) is 17.1. The molecule has 126 valence electrons. The highest BCUT2D eigenvalue weighted by atomic mass is 32.1. The molecule has 0 aromatic carbocycles. The fourth-order valence-corrected chi connectivity index (χ4v) is 3.77. The number of hydrogen-bond acceptors (Lipinski definition) is 5. The summed E-state index contributed by atoms with van der Waals surface area (Å²) in [5.41, 5.74) is 4.37. The molecule has 24 heavy (non-hydrogen) atoms. The lowest BCUT2D eigenvalue weighted by molar-refractivity contribution is -0.119. The van der Waals surface area contributed by atoms with Crippen LogP contribution in [0.5, 0.6) is 0 Å². The van der Waals surface area contributed by atoms with Crippen LogP contribution in [-0.4, -0.2) is 33.2 Å². The summed E-state index contributed by atoms with van der Waals surface area (Å²) in [4.78, 5) is 35.0. The number of pyridine rings is 1.